The Morgan fingerprint density at radius 1 is 0.884 bits per heavy atom. The van der Waals surface area contributed by atoms with Gasteiger partial charge in [-0.1, -0.05) is 66.0 Å². The summed E-state index contributed by atoms with van der Waals surface area (Å²) >= 11 is 12.7. The van der Waals surface area contributed by atoms with Crippen LogP contribution >= 0.6 is 23.2 Å². The van der Waals surface area contributed by atoms with Gasteiger partial charge < -0.3 is 10.1 Å². The maximum atomic E-state index is 15.2. The van der Waals surface area contributed by atoms with Crippen LogP contribution in [0.15, 0.2) is 77.8 Å². The molecule has 0 bridgehead atoms. The topological polar surface area (TPSA) is 57.2 Å². The third kappa shape index (κ3) is 6.48. The molecule has 3 aromatic carbocycles. The van der Waals surface area contributed by atoms with Crippen molar-refractivity contribution in [2.24, 2.45) is 4.99 Å². The molecule has 3 aromatic rings. The number of ether oxygens (including phenoxy) is 1. The molecule has 3 atom stereocenters. The second-order valence-corrected chi connectivity index (χ2v) is 12.9. The number of carbonyl (C=O) groups excluding carboxylic acids is 1. The number of halogens is 2. The highest BCUT2D eigenvalue weighted by Gasteiger charge is 2.47. The second kappa shape index (κ2) is 13.4. The van der Waals surface area contributed by atoms with Crippen LogP contribution in [0.1, 0.15) is 74.7 Å². The first-order chi connectivity index (χ1) is 20.9. The predicted octanol–water partition coefficient (Wildman–Crippen LogP) is 7.46. The molecule has 6 nitrogen and oxygen atoms in total. The molecule has 2 saturated heterocycles. The van der Waals surface area contributed by atoms with E-state index in [-0.39, 0.29) is 30.1 Å². The number of likely N-dealkylation sites (tertiary alicyclic amines) is 1. The molecule has 0 spiro atoms. The molecule has 0 saturated carbocycles. The highest BCUT2D eigenvalue weighted by atomic mass is 35.5. The lowest BCUT2D eigenvalue weighted by molar-refractivity contribution is -0.137. The Bertz CT molecular complexity index is 1440. The molecule has 3 unspecified atom stereocenters. The molecule has 226 valence electrons. The van der Waals surface area contributed by atoms with Gasteiger partial charge in [-0.3, -0.25) is 19.6 Å². The Balaban J connectivity index is 1.50. The van der Waals surface area contributed by atoms with Crippen molar-refractivity contribution in [2.45, 2.75) is 76.2 Å². The van der Waals surface area contributed by atoms with E-state index in [9.17, 15) is 0 Å². The van der Waals surface area contributed by atoms with Crippen LogP contribution in [0.25, 0.3) is 0 Å². The number of hydrogen-bond acceptors (Lipinski definition) is 5. The fraction of sp³-hybridized carbons (Fsp3) is 0.429. The quantitative estimate of drug-likeness (QED) is 0.299. The Morgan fingerprint density at radius 2 is 1.53 bits per heavy atom. The zero-order valence-corrected chi connectivity index (χ0v) is 26.4. The lowest BCUT2D eigenvalue weighted by Crippen LogP contribution is -2.57. The summed E-state index contributed by atoms with van der Waals surface area (Å²) in [5, 5.41) is 4.81. The van der Waals surface area contributed by atoms with Gasteiger partial charge in [-0.25, -0.2) is 0 Å². The van der Waals surface area contributed by atoms with E-state index in [1.807, 2.05) is 91.5 Å². The first kappa shape index (κ1) is 30.1. The zero-order valence-electron chi connectivity index (χ0n) is 24.9. The average molecular weight is 620 g/mol. The molecule has 1 amide bonds. The number of piperidine rings is 2. The first-order valence-corrected chi connectivity index (χ1v) is 16.3. The fourth-order valence-corrected chi connectivity index (χ4v) is 7.10. The summed E-state index contributed by atoms with van der Waals surface area (Å²) in [6.45, 7) is 6.96. The number of hydrogen-bond donors (Lipinski definition) is 1. The summed E-state index contributed by atoms with van der Waals surface area (Å²) in [4.78, 5) is 25.0. The number of aliphatic imine (C=N–C) groups is 1. The molecule has 8 heteroatoms. The summed E-state index contributed by atoms with van der Waals surface area (Å²) in [7, 11) is 0. The zero-order chi connectivity index (χ0) is 29.9. The van der Waals surface area contributed by atoms with E-state index in [1.165, 1.54) is 0 Å². The maximum Gasteiger partial charge on any atom is 0.246 e. The number of nitrogens with zero attached hydrogens (tertiary/aromatic N) is 3. The van der Waals surface area contributed by atoms with Gasteiger partial charge in [0, 0.05) is 16.1 Å². The number of carbonyl (C=O) groups is 1. The van der Waals surface area contributed by atoms with Gasteiger partial charge >= 0.3 is 0 Å². The van der Waals surface area contributed by atoms with Crippen molar-refractivity contribution in [1.82, 2.24) is 15.1 Å². The first-order valence-electron chi connectivity index (χ1n) is 15.5. The third-order valence-electron chi connectivity index (χ3n) is 8.82. The van der Waals surface area contributed by atoms with Gasteiger partial charge in [0.15, 0.2) is 0 Å². The fourth-order valence-electron chi connectivity index (χ4n) is 6.85. The molecular weight excluding hydrogens is 579 g/mol. The summed E-state index contributed by atoms with van der Waals surface area (Å²) in [5.74, 6) is 1.48. The standard InChI is InChI=1S/C35H40Cl2N4O2/c1-23(2)43-31-9-4-3-7-29(31)34-39-32(24-10-14-26(36)15-11-24)33(25-12-16-27(37)17-13-25)41(34)35(42)30-8-5-6-22-40(30)28-18-20-38-21-19-28/h3-4,7,9-17,23,28,30,32-33,38H,5-6,8,18-22H2,1-2H3. The Hall–Kier alpha value is -2.90. The summed E-state index contributed by atoms with van der Waals surface area (Å²) in [5.41, 5.74) is 2.81. The molecule has 6 rings (SSSR count). The SMILES string of the molecule is CC(C)Oc1ccccc1C1=NC(c2ccc(Cl)cc2)C(c2ccc(Cl)cc2)N1C(=O)C1CCCCN1C1CCNCC1. The number of rotatable bonds is 7. The largest absolute Gasteiger partial charge is 0.490 e. The minimum absolute atomic E-state index is 0.0276. The number of amidine groups is 1. The van der Waals surface area contributed by atoms with Gasteiger partial charge in [0.05, 0.1) is 23.8 Å². The smallest absolute Gasteiger partial charge is 0.246 e. The van der Waals surface area contributed by atoms with Gasteiger partial charge in [0.25, 0.3) is 0 Å². The molecule has 0 aromatic heterocycles. The van der Waals surface area contributed by atoms with Crippen LogP contribution in [0, 0.1) is 0 Å². The average Bonchev–Trinajstić information content (AvgIpc) is 3.42. The van der Waals surface area contributed by atoms with Crippen molar-refractivity contribution in [3.63, 3.8) is 0 Å². The van der Waals surface area contributed by atoms with Crippen molar-refractivity contribution in [2.75, 3.05) is 19.6 Å². The maximum absolute atomic E-state index is 15.2. The van der Waals surface area contributed by atoms with Crippen molar-refractivity contribution in [3.05, 3.63) is 99.5 Å². The lowest BCUT2D eigenvalue weighted by Gasteiger charge is -2.44. The van der Waals surface area contributed by atoms with E-state index >= 15 is 4.79 Å². The summed E-state index contributed by atoms with van der Waals surface area (Å²) in [6.07, 6.45) is 5.09. The van der Waals surface area contributed by atoms with Crippen LogP contribution in [0.4, 0.5) is 0 Å². The highest BCUT2D eigenvalue weighted by Crippen LogP contribution is 2.46. The van der Waals surface area contributed by atoms with E-state index in [1.54, 1.807) is 0 Å². The van der Waals surface area contributed by atoms with Crippen LogP contribution in [-0.2, 0) is 4.79 Å². The lowest BCUT2D eigenvalue weighted by atomic mass is 9.91. The second-order valence-electron chi connectivity index (χ2n) is 12.0. The number of benzene rings is 3. The van der Waals surface area contributed by atoms with Crippen LogP contribution in [0.3, 0.4) is 0 Å². The highest BCUT2D eigenvalue weighted by molar-refractivity contribution is 6.30. The van der Waals surface area contributed by atoms with E-state index in [2.05, 4.69) is 10.2 Å². The van der Waals surface area contributed by atoms with Crippen LogP contribution in [0.2, 0.25) is 10.0 Å². The van der Waals surface area contributed by atoms with Gasteiger partial charge in [-0.05, 0) is 107 Å². The van der Waals surface area contributed by atoms with Crippen molar-refractivity contribution < 1.29 is 9.53 Å². The van der Waals surface area contributed by atoms with Crippen molar-refractivity contribution in [1.29, 1.82) is 0 Å². The number of nitrogens with one attached hydrogen (secondary N) is 1. The summed E-state index contributed by atoms with van der Waals surface area (Å²) < 4.78 is 6.29. The number of amides is 1. The molecule has 0 radical (unpaired) electrons. The predicted molar refractivity (Wildman–Crippen MR) is 174 cm³/mol. The Morgan fingerprint density at radius 3 is 2.21 bits per heavy atom. The molecule has 3 aliphatic rings. The normalized spacial score (nSPS) is 23.4. The molecular formula is C35H40Cl2N4O2. The Kier molecular flexibility index (Phi) is 9.39. The van der Waals surface area contributed by atoms with Gasteiger partial charge in [-0.15, -0.1) is 0 Å². The van der Waals surface area contributed by atoms with E-state index in [0.29, 0.717) is 21.9 Å². The van der Waals surface area contributed by atoms with Crippen LogP contribution < -0.4 is 10.1 Å². The molecule has 1 N–H and O–H groups in total. The van der Waals surface area contributed by atoms with Crippen molar-refractivity contribution >= 4 is 34.9 Å². The minimum atomic E-state index is -0.357. The molecule has 43 heavy (non-hydrogen) atoms. The monoisotopic (exact) mass is 618 g/mol. The molecule has 2 fully saturated rings. The van der Waals surface area contributed by atoms with E-state index < -0.39 is 0 Å². The van der Waals surface area contributed by atoms with Gasteiger partial charge in [0.2, 0.25) is 5.91 Å². The Labute approximate surface area is 265 Å². The van der Waals surface area contributed by atoms with Crippen LogP contribution in [-0.4, -0.2) is 59.4 Å². The van der Waals surface area contributed by atoms with Crippen molar-refractivity contribution in [3.8, 4) is 5.75 Å². The van der Waals surface area contributed by atoms with Gasteiger partial charge in [0.1, 0.15) is 17.6 Å². The molecule has 3 heterocycles. The molecule has 3 aliphatic heterocycles. The summed E-state index contributed by atoms with van der Waals surface area (Å²) in [6, 6.07) is 23.1. The van der Waals surface area contributed by atoms with E-state index in [4.69, 9.17) is 32.9 Å². The third-order valence-corrected chi connectivity index (χ3v) is 9.33. The minimum Gasteiger partial charge on any atom is -0.490 e. The van der Waals surface area contributed by atoms with Crippen LogP contribution in [0.5, 0.6) is 5.75 Å². The van der Waals surface area contributed by atoms with Gasteiger partial charge in [-0.2, -0.15) is 0 Å². The number of para-hydroxylation sites is 1. The molecule has 0 aliphatic carbocycles. The van der Waals surface area contributed by atoms with E-state index in [0.717, 1.165) is 74.2 Å².